The predicted molar refractivity (Wildman–Crippen MR) is 82.1 cm³/mol. The highest BCUT2D eigenvalue weighted by Gasteiger charge is 2.42. The maximum Gasteiger partial charge on any atom is 0.126 e. The number of rotatable bonds is 4. The van der Waals surface area contributed by atoms with E-state index >= 15 is 0 Å². The summed E-state index contributed by atoms with van der Waals surface area (Å²) >= 11 is 6.30. The molecule has 2 rings (SSSR count). The lowest BCUT2D eigenvalue weighted by Crippen LogP contribution is -2.40. The first-order valence-electron chi connectivity index (χ1n) is 7.24. The summed E-state index contributed by atoms with van der Waals surface area (Å²) in [7, 11) is 1.60. The van der Waals surface area contributed by atoms with Crippen LogP contribution < -0.4 is 10.5 Å². The van der Waals surface area contributed by atoms with Crippen LogP contribution in [0.15, 0.2) is 18.2 Å². The van der Waals surface area contributed by atoms with Gasteiger partial charge in [-0.15, -0.1) is 0 Å². The molecular weight excluding hydrogens is 274 g/mol. The smallest absolute Gasteiger partial charge is 0.126 e. The number of ether oxygens (including phenoxy) is 1. The van der Waals surface area contributed by atoms with E-state index in [2.05, 4.69) is 6.92 Å². The van der Waals surface area contributed by atoms with E-state index in [9.17, 15) is 5.11 Å². The van der Waals surface area contributed by atoms with Gasteiger partial charge in [-0.05, 0) is 30.9 Å². The van der Waals surface area contributed by atoms with Crippen LogP contribution in [0.4, 0.5) is 0 Å². The summed E-state index contributed by atoms with van der Waals surface area (Å²) in [6.45, 7) is 2.69. The van der Waals surface area contributed by atoms with Crippen LogP contribution in [-0.4, -0.2) is 18.8 Å². The molecule has 1 aliphatic rings. The van der Waals surface area contributed by atoms with Crippen LogP contribution >= 0.6 is 11.6 Å². The molecule has 3 unspecified atom stereocenters. The minimum absolute atomic E-state index is 0.296. The molecule has 1 fully saturated rings. The summed E-state index contributed by atoms with van der Waals surface area (Å²) in [5.74, 6) is 1.21. The van der Waals surface area contributed by atoms with Gasteiger partial charge in [0, 0.05) is 17.5 Å². The fraction of sp³-hybridized carbons (Fsp3) is 0.625. The summed E-state index contributed by atoms with van der Waals surface area (Å²) in [4.78, 5) is 0. The van der Waals surface area contributed by atoms with Gasteiger partial charge in [0.2, 0.25) is 0 Å². The Morgan fingerprint density at radius 1 is 1.55 bits per heavy atom. The first-order chi connectivity index (χ1) is 9.54. The first-order valence-corrected chi connectivity index (χ1v) is 7.62. The number of hydrogen-bond donors (Lipinski definition) is 2. The van der Waals surface area contributed by atoms with Crippen molar-refractivity contribution in [3.63, 3.8) is 0 Å². The Balaban J connectivity index is 2.40. The molecule has 0 aliphatic heterocycles. The standard InChI is InChI=1S/C16H24ClNO2/c1-11-5-4-8-16(9-11,10-18)15(19)14-12(17)6-3-7-13(14)20-2/h3,6-7,11,15,19H,4-5,8-10,18H2,1-2H3. The van der Waals surface area contributed by atoms with Crippen LogP contribution in [0.25, 0.3) is 0 Å². The van der Waals surface area contributed by atoms with Crippen molar-refractivity contribution in [2.75, 3.05) is 13.7 Å². The lowest BCUT2D eigenvalue weighted by molar-refractivity contribution is -0.0142. The van der Waals surface area contributed by atoms with Crippen LogP contribution in [0.2, 0.25) is 5.02 Å². The Bertz CT molecular complexity index is 466. The van der Waals surface area contributed by atoms with Gasteiger partial charge < -0.3 is 15.6 Å². The summed E-state index contributed by atoms with van der Waals surface area (Å²) in [6, 6.07) is 5.45. The molecule has 0 bridgehead atoms. The summed E-state index contributed by atoms with van der Waals surface area (Å²) < 4.78 is 5.37. The van der Waals surface area contributed by atoms with Crippen LogP contribution in [-0.2, 0) is 0 Å². The first kappa shape index (κ1) is 15.6. The average molecular weight is 298 g/mol. The van der Waals surface area contributed by atoms with E-state index in [1.54, 1.807) is 13.2 Å². The molecule has 0 saturated heterocycles. The summed E-state index contributed by atoms with van der Waals surface area (Å²) in [5, 5.41) is 11.5. The van der Waals surface area contributed by atoms with E-state index in [1.807, 2.05) is 12.1 Å². The van der Waals surface area contributed by atoms with Crippen molar-refractivity contribution in [1.82, 2.24) is 0 Å². The van der Waals surface area contributed by atoms with Gasteiger partial charge in [-0.3, -0.25) is 0 Å². The zero-order valence-corrected chi connectivity index (χ0v) is 13.0. The third-order valence-electron chi connectivity index (χ3n) is 4.62. The second-order valence-electron chi connectivity index (χ2n) is 6.03. The number of benzene rings is 1. The van der Waals surface area contributed by atoms with Gasteiger partial charge in [0.25, 0.3) is 0 Å². The van der Waals surface area contributed by atoms with Gasteiger partial charge in [-0.25, -0.2) is 0 Å². The normalized spacial score (nSPS) is 28.1. The maximum absolute atomic E-state index is 11.0. The monoisotopic (exact) mass is 297 g/mol. The Hall–Kier alpha value is -0.770. The summed E-state index contributed by atoms with van der Waals surface area (Å²) in [5.41, 5.74) is 6.42. The van der Waals surface area contributed by atoms with Crippen LogP contribution in [0.3, 0.4) is 0 Å². The zero-order valence-electron chi connectivity index (χ0n) is 12.2. The number of aliphatic hydroxyl groups excluding tert-OH is 1. The lowest BCUT2D eigenvalue weighted by Gasteiger charge is -2.43. The topological polar surface area (TPSA) is 55.5 Å². The van der Waals surface area contributed by atoms with Crippen molar-refractivity contribution in [2.45, 2.75) is 38.7 Å². The molecule has 4 heteroatoms. The van der Waals surface area contributed by atoms with Crippen LogP contribution in [0, 0.1) is 11.3 Å². The maximum atomic E-state index is 11.0. The van der Waals surface area contributed by atoms with Crippen LogP contribution in [0.1, 0.15) is 44.3 Å². The van der Waals surface area contributed by atoms with Crippen LogP contribution in [0.5, 0.6) is 5.75 Å². The van der Waals surface area contributed by atoms with Crippen molar-refractivity contribution in [3.8, 4) is 5.75 Å². The number of nitrogens with two attached hydrogens (primary N) is 1. The molecule has 1 saturated carbocycles. The second-order valence-corrected chi connectivity index (χ2v) is 6.43. The van der Waals surface area contributed by atoms with Crippen molar-refractivity contribution < 1.29 is 9.84 Å². The number of hydrogen-bond acceptors (Lipinski definition) is 3. The molecule has 0 spiro atoms. The third-order valence-corrected chi connectivity index (χ3v) is 4.95. The molecule has 20 heavy (non-hydrogen) atoms. The minimum Gasteiger partial charge on any atom is -0.496 e. The Kier molecular flexibility index (Phi) is 4.95. The number of aliphatic hydroxyl groups is 1. The van der Waals surface area contributed by atoms with E-state index in [1.165, 1.54) is 6.42 Å². The van der Waals surface area contributed by atoms with Crippen molar-refractivity contribution >= 4 is 11.6 Å². The lowest BCUT2D eigenvalue weighted by atomic mass is 9.65. The molecule has 0 amide bonds. The fourth-order valence-corrected chi connectivity index (χ4v) is 3.78. The third kappa shape index (κ3) is 2.80. The highest BCUT2D eigenvalue weighted by molar-refractivity contribution is 6.31. The molecule has 1 aromatic rings. The van der Waals surface area contributed by atoms with E-state index in [-0.39, 0.29) is 5.41 Å². The molecule has 112 valence electrons. The van der Waals surface area contributed by atoms with Gasteiger partial charge in [-0.1, -0.05) is 37.4 Å². The molecular formula is C16H24ClNO2. The number of halogens is 1. The molecule has 0 radical (unpaired) electrons. The van der Waals surface area contributed by atoms with Gasteiger partial charge in [0.15, 0.2) is 0 Å². The van der Waals surface area contributed by atoms with E-state index in [0.29, 0.717) is 28.8 Å². The Morgan fingerprint density at radius 2 is 2.30 bits per heavy atom. The van der Waals surface area contributed by atoms with Crippen molar-refractivity contribution in [3.05, 3.63) is 28.8 Å². The largest absolute Gasteiger partial charge is 0.496 e. The molecule has 3 N–H and O–H groups in total. The molecule has 3 nitrogen and oxygen atoms in total. The minimum atomic E-state index is -0.682. The second kappa shape index (κ2) is 6.33. The highest BCUT2D eigenvalue weighted by Crippen LogP contribution is 2.50. The van der Waals surface area contributed by atoms with E-state index in [0.717, 1.165) is 19.3 Å². The van der Waals surface area contributed by atoms with E-state index < -0.39 is 6.10 Å². The predicted octanol–water partition coefficient (Wildman–Crippen LogP) is 3.54. The molecule has 0 heterocycles. The fourth-order valence-electron chi connectivity index (χ4n) is 3.51. The molecule has 1 aliphatic carbocycles. The summed E-state index contributed by atoms with van der Waals surface area (Å²) in [6.07, 6.45) is 3.48. The average Bonchev–Trinajstić information content (AvgIpc) is 2.46. The van der Waals surface area contributed by atoms with Gasteiger partial charge >= 0.3 is 0 Å². The van der Waals surface area contributed by atoms with Gasteiger partial charge in [0.05, 0.1) is 18.2 Å². The molecule has 0 aromatic heterocycles. The zero-order chi connectivity index (χ0) is 14.8. The van der Waals surface area contributed by atoms with Crippen molar-refractivity contribution in [1.29, 1.82) is 0 Å². The number of methoxy groups -OCH3 is 1. The Labute approximate surface area is 126 Å². The molecule has 3 atom stereocenters. The Morgan fingerprint density at radius 3 is 2.90 bits per heavy atom. The van der Waals surface area contributed by atoms with E-state index in [4.69, 9.17) is 22.1 Å². The highest BCUT2D eigenvalue weighted by atomic mass is 35.5. The van der Waals surface area contributed by atoms with Gasteiger partial charge in [0.1, 0.15) is 5.75 Å². The van der Waals surface area contributed by atoms with Gasteiger partial charge in [-0.2, -0.15) is 0 Å². The quantitative estimate of drug-likeness (QED) is 0.894. The van der Waals surface area contributed by atoms with Crippen molar-refractivity contribution in [2.24, 2.45) is 17.1 Å². The molecule has 1 aromatic carbocycles. The SMILES string of the molecule is COc1cccc(Cl)c1C(O)C1(CN)CCCC(C)C1.